The third-order valence-corrected chi connectivity index (χ3v) is 2.67. The highest BCUT2D eigenvalue weighted by Gasteiger charge is 2.08. The summed E-state index contributed by atoms with van der Waals surface area (Å²) in [5, 5.41) is 9.66. The fourth-order valence-electron chi connectivity index (χ4n) is 1.77. The van der Waals surface area contributed by atoms with Crippen molar-refractivity contribution in [1.29, 1.82) is 5.26 Å². The van der Waals surface area contributed by atoms with Crippen LogP contribution in [-0.2, 0) is 4.79 Å². The first-order valence-electron chi connectivity index (χ1n) is 5.50. The third kappa shape index (κ3) is 2.38. The minimum atomic E-state index is -0.754. The first-order chi connectivity index (χ1) is 9.17. The molecule has 1 aromatic heterocycles. The lowest BCUT2D eigenvalue weighted by molar-refractivity contribution is -0.114. The van der Waals surface area contributed by atoms with Gasteiger partial charge in [-0.05, 0) is 23.8 Å². The summed E-state index contributed by atoms with van der Waals surface area (Å²) in [4.78, 5) is 15.3. The van der Waals surface area contributed by atoms with Crippen molar-refractivity contribution in [3.8, 4) is 11.8 Å². The highest BCUT2D eigenvalue weighted by molar-refractivity contribution is 6.03. The highest BCUT2D eigenvalue weighted by Crippen LogP contribution is 2.27. The molecule has 0 saturated carbocycles. The quantitative estimate of drug-likeness (QED) is 0.665. The van der Waals surface area contributed by atoms with E-state index < -0.39 is 5.91 Å². The van der Waals surface area contributed by atoms with E-state index in [1.54, 1.807) is 37.6 Å². The van der Waals surface area contributed by atoms with Crippen molar-refractivity contribution >= 4 is 22.9 Å². The van der Waals surface area contributed by atoms with Crippen LogP contribution in [0, 0.1) is 11.3 Å². The molecule has 0 aliphatic carbocycles. The van der Waals surface area contributed by atoms with E-state index in [0.717, 1.165) is 5.39 Å². The van der Waals surface area contributed by atoms with Crippen LogP contribution in [0.1, 0.15) is 5.56 Å². The van der Waals surface area contributed by atoms with Gasteiger partial charge in [0.25, 0.3) is 5.91 Å². The lowest BCUT2D eigenvalue weighted by atomic mass is 10.0. The third-order valence-electron chi connectivity index (χ3n) is 2.67. The Labute approximate surface area is 109 Å². The van der Waals surface area contributed by atoms with Gasteiger partial charge in [0.05, 0.1) is 7.11 Å². The number of pyridine rings is 1. The van der Waals surface area contributed by atoms with Crippen molar-refractivity contribution in [3.05, 3.63) is 41.6 Å². The highest BCUT2D eigenvalue weighted by atomic mass is 16.5. The van der Waals surface area contributed by atoms with Gasteiger partial charge >= 0.3 is 0 Å². The first kappa shape index (κ1) is 12.6. The Kier molecular flexibility index (Phi) is 3.44. The molecule has 2 rings (SSSR count). The molecule has 1 amide bonds. The van der Waals surface area contributed by atoms with Gasteiger partial charge in [-0.25, -0.2) is 0 Å². The van der Waals surface area contributed by atoms with Crippen LogP contribution in [0.5, 0.6) is 5.75 Å². The number of rotatable bonds is 3. The van der Waals surface area contributed by atoms with E-state index in [1.807, 2.05) is 6.07 Å². The molecule has 19 heavy (non-hydrogen) atoms. The number of nitriles is 1. The number of carbonyl (C=O) groups excluding carboxylic acids is 1. The number of methoxy groups -OCH3 is 1. The molecule has 2 N–H and O–H groups in total. The van der Waals surface area contributed by atoms with Crippen LogP contribution in [0.15, 0.2) is 36.0 Å². The van der Waals surface area contributed by atoms with Crippen molar-refractivity contribution in [2.45, 2.75) is 0 Å². The molecule has 94 valence electrons. The van der Waals surface area contributed by atoms with E-state index in [4.69, 9.17) is 15.7 Å². The van der Waals surface area contributed by atoms with Crippen LogP contribution in [0.4, 0.5) is 0 Å². The zero-order chi connectivity index (χ0) is 13.8. The fraction of sp³-hybridized carbons (Fsp3) is 0.0714. The molecular formula is C14H11N3O2. The number of amides is 1. The summed E-state index contributed by atoms with van der Waals surface area (Å²) < 4.78 is 5.22. The molecule has 5 heteroatoms. The van der Waals surface area contributed by atoms with E-state index in [9.17, 15) is 4.79 Å². The SMILES string of the molecule is COc1ccc(C=C(C#N)C(N)=O)c2cccnc12. The maximum atomic E-state index is 11.1. The van der Waals surface area contributed by atoms with Crippen LogP contribution >= 0.6 is 0 Å². The summed E-state index contributed by atoms with van der Waals surface area (Å²) >= 11 is 0. The summed E-state index contributed by atoms with van der Waals surface area (Å²) in [5.41, 5.74) is 6.38. The molecule has 5 nitrogen and oxygen atoms in total. The van der Waals surface area contributed by atoms with E-state index >= 15 is 0 Å². The van der Waals surface area contributed by atoms with Crippen LogP contribution in [-0.4, -0.2) is 18.0 Å². The summed E-state index contributed by atoms with van der Waals surface area (Å²) in [6, 6.07) is 8.88. The van der Waals surface area contributed by atoms with Crippen LogP contribution in [0.2, 0.25) is 0 Å². The molecule has 0 radical (unpaired) electrons. The maximum Gasteiger partial charge on any atom is 0.259 e. The number of hydrogen-bond acceptors (Lipinski definition) is 4. The Balaban J connectivity index is 2.70. The Morgan fingerprint density at radius 2 is 2.26 bits per heavy atom. The predicted octanol–water partition coefficient (Wildman–Crippen LogP) is 1.64. The molecule has 1 heterocycles. The minimum Gasteiger partial charge on any atom is -0.494 e. The van der Waals surface area contributed by atoms with E-state index in [0.29, 0.717) is 16.8 Å². The number of primary amides is 1. The number of benzene rings is 1. The number of nitrogens with zero attached hydrogens (tertiary/aromatic N) is 2. The van der Waals surface area contributed by atoms with Crippen molar-refractivity contribution < 1.29 is 9.53 Å². The second-order valence-electron chi connectivity index (χ2n) is 3.79. The van der Waals surface area contributed by atoms with Gasteiger partial charge in [-0.3, -0.25) is 9.78 Å². The van der Waals surface area contributed by atoms with E-state index in [1.165, 1.54) is 6.08 Å². The number of hydrogen-bond donors (Lipinski definition) is 1. The van der Waals surface area contributed by atoms with Gasteiger partial charge < -0.3 is 10.5 Å². The second kappa shape index (κ2) is 5.19. The number of aromatic nitrogens is 1. The normalized spacial score (nSPS) is 11.1. The van der Waals surface area contributed by atoms with E-state index in [-0.39, 0.29) is 5.57 Å². The number of nitrogens with two attached hydrogens (primary N) is 1. The summed E-state index contributed by atoms with van der Waals surface area (Å²) in [6.45, 7) is 0. The van der Waals surface area contributed by atoms with Crippen LogP contribution in [0.3, 0.4) is 0 Å². The molecule has 2 aromatic rings. The molecule has 0 aliphatic rings. The van der Waals surface area contributed by atoms with Crippen molar-refractivity contribution in [1.82, 2.24) is 4.98 Å². The van der Waals surface area contributed by atoms with Crippen molar-refractivity contribution in [2.75, 3.05) is 7.11 Å². The zero-order valence-electron chi connectivity index (χ0n) is 10.3. The van der Waals surface area contributed by atoms with Gasteiger partial charge in [-0.1, -0.05) is 12.1 Å². The largest absolute Gasteiger partial charge is 0.494 e. The molecule has 1 aromatic carbocycles. The maximum absolute atomic E-state index is 11.1. The van der Waals surface area contributed by atoms with Crippen molar-refractivity contribution in [2.24, 2.45) is 5.73 Å². The fourth-order valence-corrected chi connectivity index (χ4v) is 1.77. The van der Waals surface area contributed by atoms with Gasteiger partial charge in [-0.2, -0.15) is 5.26 Å². The molecule has 0 aliphatic heterocycles. The summed E-state index contributed by atoms with van der Waals surface area (Å²) in [7, 11) is 1.56. The number of ether oxygens (including phenoxy) is 1. The Morgan fingerprint density at radius 3 is 2.89 bits per heavy atom. The predicted molar refractivity (Wildman–Crippen MR) is 71.1 cm³/mol. The molecule has 0 unspecified atom stereocenters. The summed E-state index contributed by atoms with van der Waals surface area (Å²) in [6.07, 6.45) is 3.10. The minimum absolute atomic E-state index is 0.102. The second-order valence-corrected chi connectivity index (χ2v) is 3.79. The Morgan fingerprint density at radius 1 is 1.47 bits per heavy atom. The lowest BCUT2D eigenvalue weighted by Crippen LogP contribution is -2.12. The molecule has 0 atom stereocenters. The van der Waals surface area contributed by atoms with Gasteiger partial charge in [0, 0.05) is 11.6 Å². The number of carbonyl (C=O) groups is 1. The zero-order valence-corrected chi connectivity index (χ0v) is 10.3. The topological polar surface area (TPSA) is 89.0 Å². The van der Waals surface area contributed by atoms with E-state index in [2.05, 4.69) is 4.98 Å². The smallest absolute Gasteiger partial charge is 0.259 e. The van der Waals surface area contributed by atoms with Crippen LogP contribution < -0.4 is 10.5 Å². The van der Waals surface area contributed by atoms with Crippen LogP contribution in [0.25, 0.3) is 17.0 Å². The Bertz CT molecular complexity index is 714. The van der Waals surface area contributed by atoms with Gasteiger partial charge in [0.15, 0.2) is 0 Å². The van der Waals surface area contributed by atoms with Gasteiger partial charge in [0.1, 0.15) is 22.9 Å². The van der Waals surface area contributed by atoms with Gasteiger partial charge in [0.2, 0.25) is 0 Å². The molecule has 0 spiro atoms. The first-order valence-corrected chi connectivity index (χ1v) is 5.50. The summed E-state index contributed by atoms with van der Waals surface area (Å²) in [5.74, 6) is -0.124. The molecular weight excluding hydrogens is 242 g/mol. The number of fused-ring (bicyclic) bond motifs is 1. The molecule has 0 bridgehead atoms. The molecule has 0 saturated heterocycles. The average molecular weight is 253 g/mol. The lowest BCUT2D eigenvalue weighted by Gasteiger charge is -2.07. The Hall–Kier alpha value is -2.87. The van der Waals surface area contributed by atoms with Crippen molar-refractivity contribution in [3.63, 3.8) is 0 Å². The van der Waals surface area contributed by atoms with Gasteiger partial charge in [-0.15, -0.1) is 0 Å². The monoisotopic (exact) mass is 253 g/mol. The molecule has 0 fully saturated rings. The standard InChI is InChI=1S/C14H11N3O2/c1-19-12-5-4-9(7-10(8-15)14(16)18)11-3-2-6-17-13(11)12/h2-7H,1H3,(H2,16,18). The average Bonchev–Trinajstić information content (AvgIpc) is 2.44.